The van der Waals surface area contributed by atoms with E-state index in [1.807, 2.05) is 12.1 Å². The molecular formula is C12H19ClN2. The third-order valence-corrected chi connectivity index (χ3v) is 3.14. The van der Waals surface area contributed by atoms with Crippen molar-refractivity contribution in [2.24, 2.45) is 11.8 Å². The van der Waals surface area contributed by atoms with Gasteiger partial charge in [0.15, 0.2) is 0 Å². The summed E-state index contributed by atoms with van der Waals surface area (Å²) in [6, 6.07) is 5.66. The lowest BCUT2D eigenvalue weighted by atomic mass is 9.98. The standard InChI is InChI=1S/C12H19ClN2/c1-8(2)9(3)7-15-11-6-4-5-10(13)12(11)14/h4-6,8-9,15H,7,14H2,1-3H3. The summed E-state index contributed by atoms with van der Waals surface area (Å²) in [5.74, 6) is 1.28. The zero-order valence-corrected chi connectivity index (χ0v) is 10.3. The molecule has 2 nitrogen and oxygen atoms in total. The number of halogens is 1. The van der Waals surface area contributed by atoms with Gasteiger partial charge >= 0.3 is 0 Å². The Labute approximate surface area is 96.8 Å². The number of hydrogen-bond acceptors (Lipinski definition) is 2. The minimum atomic E-state index is 0.609. The van der Waals surface area contributed by atoms with Crippen LogP contribution >= 0.6 is 11.6 Å². The molecule has 1 aromatic carbocycles. The highest BCUT2D eigenvalue weighted by molar-refractivity contribution is 6.33. The number of nitrogens with one attached hydrogen (secondary N) is 1. The first-order valence-electron chi connectivity index (χ1n) is 5.30. The van der Waals surface area contributed by atoms with Gasteiger partial charge in [-0.2, -0.15) is 0 Å². The molecule has 0 amide bonds. The third kappa shape index (κ3) is 3.31. The number of hydrogen-bond donors (Lipinski definition) is 2. The van der Waals surface area contributed by atoms with E-state index in [0.717, 1.165) is 12.2 Å². The van der Waals surface area contributed by atoms with Gasteiger partial charge in [0.05, 0.1) is 16.4 Å². The molecule has 0 fully saturated rings. The van der Waals surface area contributed by atoms with E-state index in [-0.39, 0.29) is 0 Å². The van der Waals surface area contributed by atoms with Gasteiger partial charge in [0.25, 0.3) is 0 Å². The summed E-state index contributed by atoms with van der Waals surface area (Å²) in [4.78, 5) is 0. The Morgan fingerprint density at radius 1 is 1.33 bits per heavy atom. The van der Waals surface area contributed by atoms with E-state index in [0.29, 0.717) is 22.5 Å². The summed E-state index contributed by atoms with van der Waals surface area (Å²) < 4.78 is 0. The van der Waals surface area contributed by atoms with Gasteiger partial charge in [0.1, 0.15) is 0 Å². The second-order valence-electron chi connectivity index (χ2n) is 4.30. The molecular weight excluding hydrogens is 208 g/mol. The molecule has 0 aromatic heterocycles. The van der Waals surface area contributed by atoms with Crippen LogP contribution in [0, 0.1) is 11.8 Å². The lowest BCUT2D eigenvalue weighted by Gasteiger charge is -2.18. The zero-order chi connectivity index (χ0) is 11.4. The first kappa shape index (κ1) is 12.2. The average molecular weight is 227 g/mol. The SMILES string of the molecule is CC(C)C(C)CNc1cccc(Cl)c1N. The summed E-state index contributed by atoms with van der Waals surface area (Å²) in [5.41, 5.74) is 7.41. The van der Waals surface area contributed by atoms with Crippen LogP contribution in [-0.2, 0) is 0 Å². The van der Waals surface area contributed by atoms with Crippen molar-refractivity contribution < 1.29 is 0 Å². The quantitative estimate of drug-likeness (QED) is 0.770. The molecule has 1 rings (SSSR count). The summed E-state index contributed by atoms with van der Waals surface area (Å²) in [6.45, 7) is 7.57. The Morgan fingerprint density at radius 3 is 2.60 bits per heavy atom. The van der Waals surface area contributed by atoms with Gasteiger partial charge in [-0.05, 0) is 24.0 Å². The Kier molecular flexibility index (Phi) is 4.28. The highest BCUT2D eigenvalue weighted by atomic mass is 35.5. The maximum absolute atomic E-state index is 5.93. The molecule has 0 saturated heterocycles. The van der Waals surface area contributed by atoms with E-state index < -0.39 is 0 Å². The van der Waals surface area contributed by atoms with Crippen molar-refractivity contribution in [3.63, 3.8) is 0 Å². The van der Waals surface area contributed by atoms with Crippen LogP contribution < -0.4 is 11.1 Å². The molecule has 0 aliphatic heterocycles. The second-order valence-corrected chi connectivity index (χ2v) is 4.71. The van der Waals surface area contributed by atoms with Crippen molar-refractivity contribution in [1.82, 2.24) is 0 Å². The van der Waals surface area contributed by atoms with E-state index in [9.17, 15) is 0 Å². The molecule has 84 valence electrons. The fourth-order valence-electron chi connectivity index (χ4n) is 1.20. The Hall–Kier alpha value is -0.890. The van der Waals surface area contributed by atoms with Crippen molar-refractivity contribution >= 4 is 23.0 Å². The average Bonchev–Trinajstić information content (AvgIpc) is 2.19. The molecule has 0 aliphatic carbocycles. The van der Waals surface area contributed by atoms with Crippen molar-refractivity contribution in [2.45, 2.75) is 20.8 Å². The van der Waals surface area contributed by atoms with Crippen molar-refractivity contribution in [1.29, 1.82) is 0 Å². The largest absolute Gasteiger partial charge is 0.396 e. The van der Waals surface area contributed by atoms with Gasteiger partial charge in [0.2, 0.25) is 0 Å². The van der Waals surface area contributed by atoms with Crippen molar-refractivity contribution in [3.8, 4) is 0 Å². The van der Waals surface area contributed by atoms with E-state index in [1.54, 1.807) is 6.07 Å². The molecule has 0 radical (unpaired) electrons. The molecule has 0 heterocycles. The molecule has 0 aliphatic rings. The minimum Gasteiger partial charge on any atom is -0.396 e. The van der Waals surface area contributed by atoms with Crippen LogP contribution in [0.2, 0.25) is 5.02 Å². The van der Waals surface area contributed by atoms with Crippen LogP contribution in [0.15, 0.2) is 18.2 Å². The number of anilines is 2. The van der Waals surface area contributed by atoms with Gasteiger partial charge in [-0.3, -0.25) is 0 Å². The minimum absolute atomic E-state index is 0.609. The third-order valence-electron chi connectivity index (χ3n) is 2.81. The predicted octanol–water partition coefficient (Wildman–Crippen LogP) is 3.63. The van der Waals surface area contributed by atoms with Gasteiger partial charge in [-0.15, -0.1) is 0 Å². The highest BCUT2D eigenvalue weighted by Gasteiger charge is 2.08. The first-order chi connectivity index (χ1) is 7.02. The normalized spacial score (nSPS) is 12.9. The van der Waals surface area contributed by atoms with Gasteiger partial charge in [0, 0.05) is 6.54 Å². The van der Waals surface area contributed by atoms with Crippen molar-refractivity contribution in [3.05, 3.63) is 23.2 Å². The van der Waals surface area contributed by atoms with E-state index in [1.165, 1.54) is 0 Å². The van der Waals surface area contributed by atoms with Crippen LogP contribution in [0.5, 0.6) is 0 Å². The van der Waals surface area contributed by atoms with Crippen LogP contribution in [-0.4, -0.2) is 6.54 Å². The van der Waals surface area contributed by atoms with Gasteiger partial charge in [-0.25, -0.2) is 0 Å². The molecule has 3 N–H and O–H groups in total. The van der Waals surface area contributed by atoms with E-state index in [4.69, 9.17) is 17.3 Å². The second kappa shape index (κ2) is 5.26. The van der Waals surface area contributed by atoms with E-state index in [2.05, 4.69) is 26.1 Å². The zero-order valence-electron chi connectivity index (χ0n) is 9.55. The fourth-order valence-corrected chi connectivity index (χ4v) is 1.37. The molecule has 0 saturated carbocycles. The van der Waals surface area contributed by atoms with Gasteiger partial charge in [-0.1, -0.05) is 38.4 Å². The molecule has 1 aromatic rings. The maximum atomic E-state index is 5.93. The monoisotopic (exact) mass is 226 g/mol. The summed E-state index contributed by atoms with van der Waals surface area (Å²) in [5, 5.41) is 3.93. The number of rotatable bonds is 4. The molecule has 3 heteroatoms. The number of nitrogens with two attached hydrogens (primary N) is 1. The molecule has 0 spiro atoms. The lowest BCUT2D eigenvalue weighted by Crippen LogP contribution is -2.16. The van der Waals surface area contributed by atoms with Gasteiger partial charge < -0.3 is 11.1 Å². The summed E-state index contributed by atoms with van der Waals surface area (Å²) >= 11 is 5.93. The van der Waals surface area contributed by atoms with Crippen LogP contribution in [0.3, 0.4) is 0 Å². The van der Waals surface area contributed by atoms with Crippen molar-refractivity contribution in [2.75, 3.05) is 17.6 Å². The smallest absolute Gasteiger partial charge is 0.0739 e. The fraction of sp³-hybridized carbons (Fsp3) is 0.500. The lowest BCUT2D eigenvalue weighted by molar-refractivity contribution is 0.440. The van der Waals surface area contributed by atoms with Crippen LogP contribution in [0.1, 0.15) is 20.8 Å². The topological polar surface area (TPSA) is 38.0 Å². The number of benzene rings is 1. The summed E-state index contributed by atoms with van der Waals surface area (Å²) in [7, 11) is 0. The maximum Gasteiger partial charge on any atom is 0.0739 e. The molecule has 15 heavy (non-hydrogen) atoms. The number of para-hydroxylation sites is 1. The molecule has 1 unspecified atom stereocenters. The Balaban J connectivity index is 2.62. The van der Waals surface area contributed by atoms with Crippen LogP contribution in [0.4, 0.5) is 11.4 Å². The highest BCUT2D eigenvalue weighted by Crippen LogP contribution is 2.27. The molecule has 1 atom stereocenters. The first-order valence-corrected chi connectivity index (χ1v) is 5.68. The van der Waals surface area contributed by atoms with Crippen LogP contribution in [0.25, 0.3) is 0 Å². The molecule has 0 bridgehead atoms. The van der Waals surface area contributed by atoms with E-state index >= 15 is 0 Å². The Bertz CT molecular complexity index is 323. The predicted molar refractivity (Wildman–Crippen MR) is 68.4 cm³/mol. The Morgan fingerprint density at radius 2 is 2.00 bits per heavy atom. The number of nitrogen functional groups attached to an aromatic ring is 1. The summed E-state index contributed by atoms with van der Waals surface area (Å²) in [6.07, 6.45) is 0.